The zero-order valence-corrected chi connectivity index (χ0v) is 18.2. The van der Waals surface area contributed by atoms with Crippen molar-refractivity contribution in [2.75, 3.05) is 24.6 Å². The molecule has 2 aromatic heterocycles. The van der Waals surface area contributed by atoms with Crippen LogP contribution in [0.1, 0.15) is 30.7 Å². The topological polar surface area (TPSA) is 65.3 Å². The molecule has 2 saturated heterocycles. The zero-order chi connectivity index (χ0) is 20.0. The van der Waals surface area contributed by atoms with Crippen LogP contribution in [0.2, 0.25) is 0 Å². The molecule has 5 rings (SSSR count). The summed E-state index contributed by atoms with van der Waals surface area (Å²) in [7, 11) is 0. The van der Waals surface area contributed by atoms with Crippen molar-refractivity contribution in [2.24, 2.45) is 0 Å². The normalized spacial score (nSPS) is 20.2. The van der Waals surface area contributed by atoms with Gasteiger partial charge in [-0.2, -0.15) is 5.10 Å². The number of halogens is 1. The average molecular weight is 458 g/mol. The minimum absolute atomic E-state index is 0.0454. The van der Waals surface area contributed by atoms with Gasteiger partial charge in [0.15, 0.2) is 12.1 Å². The molecule has 0 saturated carbocycles. The number of benzene rings is 1. The van der Waals surface area contributed by atoms with Gasteiger partial charge in [0.05, 0.1) is 17.8 Å². The molecule has 0 aliphatic carbocycles. The van der Waals surface area contributed by atoms with Crippen molar-refractivity contribution in [3.63, 3.8) is 0 Å². The number of ether oxygens (including phenoxy) is 2. The number of hydrogen-bond acceptors (Lipinski definition) is 6. The van der Waals surface area contributed by atoms with Gasteiger partial charge in [0.25, 0.3) is 0 Å². The Hall–Kier alpha value is -2.03. The van der Waals surface area contributed by atoms with Crippen LogP contribution in [0, 0.1) is 13.8 Å². The van der Waals surface area contributed by atoms with Crippen molar-refractivity contribution in [1.82, 2.24) is 19.7 Å². The molecule has 29 heavy (non-hydrogen) atoms. The van der Waals surface area contributed by atoms with Crippen LogP contribution in [-0.2, 0) is 9.47 Å². The van der Waals surface area contributed by atoms with Crippen LogP contribution in [0.3, 0.4) is 0 Å². The van der Waals surface area contributed by atoms with Gasteiger partial charge in [-0.05, 0) is 50.8 Å². The lowest BCUT2D eigenvalue weighted by molar-refractivity contribution is -0.191. The third-order valence-electron chi connectivity index (χ3n) is 5.53. The maximum Gasteiger partial charge on any atom is 0.159 e. The van der Waals surface area contributed by atoms with Crippen molar-refractivity contribution in [3.8, 4) is 5.82 Å². The molecule has 7 nitrogen and oxygen atoms in total. The number of aromatic nitrogens is 4. The van der Waals surface area contributed by atoms with Crippen molar-refractivity contribution < 1.29 is 9.47 Å². The van der Waals surface area contributed by atoms with Crippen molar-refractivity contribution in [3.05, 3.63) is 40.3 Å². The van der Waals surface area contributed by atoms with Gasteiger partial charge in [0, 0.05) is 35.6 Å². The Morgan fingerprint density at radius 3 is 2.72 bits per heavy atom. The van der Waals surface area contributed by atoms with Gasteiger partial charge in [-0.15, -0.1) is 0 Å². The number of aryl methyl sites for hydroxylation is 2. The van der Waals surface area contributed by atoms with Crippen LogP contribution in [0.25, 0.3) is 16.7 Å². The molecular formula is C21H24BrN5O2. The van der Waals surface area contributed by atoms with Crippen LogP contribution in [0.15, 0.2) is 28.9 Å². The third-order valence-corrected chi connectivity index (χ3v) is 6.38. The summed E-state index contributed by atoms with van der Waals surface area (Å²) in [6.07, 6.45) is 5.34. The van der Waals surface area contributed by atoms with Crippen molar-refractivity contribution >= 4 is 32.7 Å². The van der Waals surface area contributed by atoms with Gasteiger partial charge in [0.1, 0.15) is 11.6 Å². The van der Waals surface area contributed by atoms with Crippen LogP contribution < -0.4 is 4.90 Å². The lowest BCUT2D eigenvalue weighted by Gasteiger charge is -2.41. The second-order valence-corrected chi connectivity index (χ2v) is 8.66. The minimum Gasteiger partial charge on any atom is -0.353 e. The van der Waals surface area contributed by atoms with Crippen molar-refractivity contribution in [1.29, 1.82) is 0 Å². The summed E-state index contributed by atoms with van der Waals surface area (Å²) in [6, 6.07) is 6.22. The average Bonchev–Trinajstić information content (AvgIpc) is 3.07. The van der Waals surface area contributed by atoms with Gasteiger partial charge in [-0.1, -0.05) is 15.9 Å². The van der Waals surface area contributed by atoms with E-state index in [1.165, 1.54) is 12.0 Å². The quantitative estimate of drug-likeness (QED) is 0.591. The Labute approximate surface area is 178 Å². The first-order chi connectivity index (χ1) is 14.1. The summed E-state index contributed by atoms with van der Waals surface area (Å²) in [6.45, 7) is 6.45. The number of rotatable bonds is 4. The molecule has 2 fully saturated rings. The number of nitrogens with zero attached hydrogens (tertiary/aromatic N) is 5. The largest absolute Gasteiger partial charge is 0.353 e. The Morgan fingerprint density at radius 1 is 1.10 bits per heavy atom. The Bertz CT molecular complexity index is 1040. The molecule has 0 N–H and O–H groups in total. The first kappa shape index (κ1) is 19.0. The van der Waals surface area contributed by atoms with Gasteiger partial charge in [-0.3, -0.25) is 0 Å². The molecule has 0 spiro atoms. The summed E-state index contributed by atoms with van der Waals surface area (Å²) >= 11 is 3.62. The molecule has 1 unspecified atom stereocenters. The first-order valence-electron chi connectivity index (χ1n) is 10.1. The maximum absolute atomic E-state index is 6.06. The van der Waals surface area contributed by atoms with Gasteiger partial charge >= 0.3 is 0 Å². The van der Waals surface area contributed by atoms with E-state index in [2.05, 4.69) is 55.0 Å². The number of anilines is 1. The number of fused-ring (bicyclic) bond motifs is 1. The first-order valence-corrected chi connectivity index (χ1v) is 10.9. The molecule has 1 atom stereocenters. The fourth-order valence-corrected chi connectivity index (χ4v) is 4.23. The van der Waals surface area contributed by atoms with Crippen LogP contribution in [0.5, 0.6) is 0 Å². The molecule has 0 radical (unpaired) electrons. The molecule has 0 amide bonds. The molecule has 4 heterocycles. The van der Waals surface area contributed by atoms with E-state index in [0.29, 0.717) is 0 Å². The van der Waals surface area contributed by atoms with E-state index in [-0.39, 0.29) is 12.4 Å². The number of hydrogen-bond donors (Lipinski definition) is 0. The Balaban J connectivity index is 1.36. The van der Waals surface area contributed by atoms with E-state index in [1.807, 2.05) is 23.9 Å². The highest BCUT2D eigenvalue weighted by Gasteiger charge is 2.32. The summed E-state index contributed by atoms with van der Waals surface area (Å²) in [5.41, 5.74) is 2.20. The fourth-order valence-electron chi connectivity index (χ4n) is 3.90. The Kier molecular flexibility index (Phi) is 5.01. The zero-order valence-electron chi connectivity index (χ0n) is 16.6. The Morgan fingerprint density at radius 2 is 1.93 bits per heavy atom. The lowest BCUT2D eigenvalue weighted by Crippen LogP contribution is -2.54. The van der Waals surface area contributed by atoms with E-state index < -0.39 is 0 Å². The van der Waals surface area contributed by atoms with Crippen LogP contribution in [-0.4, -0.2) is 51.8 Å². The lowest BCUT2D eigenvalue weighted by atomic mass is 10.1. The molecule has 152 valence electrons. The van der Waals surface area contributed by atoms with E-state index in [1.54, 1.807) is 0 Å². The highest BCUT2D eigenvalue weighted by Crippen LogP contribution is 2.28. The molecule has 8 heteroatoms. The summed E-state index contributed by atoms with van der Waals surface area (Å²) in [5, 5.41) is 5.66. The van der Waals surface area contributed by atoms with Crippen molar-refractivity contribution in [2.45, 2.75) is 45.5 Å². The highest BCUT2D eigenvalue weighted by molar-refractivity contribution is 9.10. The molecule has 2 aliphatic heterocycles. The predicted octanol–water partition coefficient (Wildman–Crippen LogP) is 3.93. The predicted molar refractivity (Wildman–Crippen MR) is 115 cm³/mol. The molecule has 3 aromatic rings. The summed E-state index contributed by atoms with van der Waals surface area (Å²) < 4.78 is 14.7. The maximum atomic E-state index is 6.06. The minimum atomic E-state index is -0.0454. The molecular weight excluding hydrogens is 434 g/mol. The van der Waals surface area contributed by atoms with Gasteiger partial charge in [-0.25, -0.2) is 14.6 Å². The highest BCUT2D eigenvalue weighted by atomic mass is 79.9. The second kappa shape index (κ2) is 7.66. The molecule has 0 bridgehead atoms. The van der Waals surface area contributed by atoms with Gasteiger partial charge in [0.2, 0.25) is 0 Å². The van der Waals surface area contributed by atoms with E-state index in [0.717, 1.165) is 65.4 Å². The smallest absolute Gasteiger partial charge is 0.159 e. The van der Waals surface area contributed by atoms with Gasteiger partial charge < -0.3 is 14.4 Å². The summed E-state index contributed by atoms with van der Waals surface area (Å²) in [5.74, 6) is 2.41. The molecule has 2 aliphatic rings. The summed E-state index contributed by atoms with van der Waals surface area (Å²) in [4.78, 5) is 11.5. The van der Waals surface area contributed by atoms with E-state index in [9.17, 15) is 0 Å². The third kappa shape index (κ3) is 3.76. The fraction of sp³-hybridized carbons (Fsp3) is 0.476. The van der Waals surface area contributed by atoms with E-state index >= 15 is 0 Å². The van der Waals surface area contributed by atoms with E-state index in [4.69, 9.17) is 9.47 Å². The van der Waals surface area contributed by atoms with Crippen LogP contribution >= 0.6 is 15.9 Å². The molecule has 1 aromatic carbocycles. The second-order valence-electron chi connectivity index (χ2n) is 7.81. The van der Waals surface area contributed by atoms with Crippen LogP contribution in [0.4, 0.5) is 5.82 Å². The monoisotopic (exact) mass is 457 g/mol. The SMILES string of the molecule is Cc1nc(N2CC(OC3CCCCO3)C2)cc(-n2ncc3cc(C)c(Br)cc32)n1. The standard InChI is InChI=1S/C21H24BrN5O2/c1-13-7-15-10-23-27(18(15)8-17(13)22)20-9-19(24-14(2)25-20)26-11-16(12-26)29-21-5-3-4-6-28-21/h7-10,16,21H,3-6,11-12H2,1-2H3.